The van der Waals surface area contributed by atoms with Gasteiger partial charge in [0.1, 0.15) is 5.75 Å². The Hall–Kier alpha value is -1.60. The molecule has 0 bridgehead atoms. The van der Waals surface area contributed by atoms with E-state index in [-0.39, 0.29) is 10.8 Å². The molecule has 7 heteroatoms. The van der Waals surface area contributed by atoms with Gasteiger partial charge >= 0.3 is 0 Å². The van der Waals surface area contributed by atoms with E-state index in [9.17, 15) is 13.2 Å². The lowest BCUT2D eigenvalue weighted by atomic mass is 10.3. The molecule has 1 aromatic rings. The highest BCUT2D eigenvalue weighted by Gasteiger charge is 2.15. The SMILES string of the molecule is CCCCNS(=O)(=O)c1ccc(O[C@H](C)C(=O)NC)cc1. The number of nitrogens with one attached hydrogen (secondary N) is 2. The maximum absolute atomic E-state index is 12.0. The summed E-state index contributed by atoms with van der Waals surface area (Å²) in [4.78, 5) is 11.5. The summed E-state index contributed by atoms with van der Waals surface area (Å²) < 4.78 is 31.9. The molecule has 0 unspecified atom stereocenters. The first kappa shape index (κ1) is 17.5. The molecule has 0 radical (unpaired) electrons. The number of unbranched alkanes of at least 4 members (excludes halogenated alkanes) is 1. The summed E-state index contributed by atoms with van der Waals surface area (Å²) in [6.45, 7) is 4.04. The Morgan fingerprint density at radius 3 is 2.43 bits per heavy atom. The molecular formula is C14H22N2O4S. The summed E-state index contributed by atoms with van der Waals surface area (Å²) in [6, 6.07) is 5.99. The van der Waals surface area contributed by atoms with Gasteiger partial charge in [0.15, 0.2) is 6.10 Å². The number of likely N-dealkylation sites (N-methyl/N-ethyl adjacent to an activating group) is 1. The van der Waals surface area contributed by atoms with Gasteiger partial charge in [0.05, 0.1) is 4.90 Å². The molecule has 1 aromatic carbocycles. The highest BCUT2D eigenvalue weighted by molar-refractivity contribution is 7.89. The average Bonchev–Trinajstić information content (AvgIpc) is 2.47. The largest absolute Gasteiger partial charge is 0.481 e. The Bertz CT molecular complexity index is 555. The maximum atomic E-state index is 12.0. The third-order valence-corrected chi connectivity index (χ3v) is 4.36. The van der Waals surface area contributed by atoms with Crippen LogP contribution in [0.4, 0.5) is 0 Å². The molecule has 0 aliphatic heterocycles. The highest BCUT2D eigenvalue weighted by Crippen LogP contribution is 2.17. The van der Waals surface area contributed by atoms with E-state index in [1.807, 2.05) is 6.92 Å². The van der Waals surface area contributed by atoms with Gasteiger partial charge in [0.2, 0.25) is 10.0 Å². The Balaban J connectivity index is 2.71. The van der Waals surface area contributed by atoms with Crippen molar-refractivity contribution in [2.45, 2.75) is 37.7 Å². The van der Waals surface area contributed by atoms with Gasteiger partial charge in [0.25, 0.3) is 5.91 Å². The molecule has 21 heavy (non-hydrogen) atoms. The maximum Gasteiger partial charge on any atom is 0.260 e. The van der Waals surface area contributed by atoms with Crippen LogP contribution in [-0.2, 0) is 14.8 Å². The number of sulfonamides is 1. The summed E-state index contributed by atoms with van der Waals surface area (Å²) in [5.74, 6) is 0.200. The van der Waals surface area contributed by atoms with E-state index in [2.05, 4.69) is 10.0 Å². The molecule has 118 valence electrons. The van der Waals surface area contributed by atoms with Gasteiger partial charge in [-0.2, -0.15) is 0 Å². The quantitative estimate of drug-likeness (QED) is 0.708. The van der Waals surface area contributed by atoms with Gasteiger partial charge in [0, 0.05) is 13.6 Å². The van der Waals surface area contributed by atoms with E-state index < -0.39 is 16.1 Å². The van der Waals surface area contributed by atoms with Crippen molar-refractivity contribution in [3.8, 4) is 5.75 Å². The van der Waals surface area contributed by atoms with E-state index in [0.717, 1.165) is 12.8 Å². The molecule has 0 heterocycles. The fourth-order valence-corrected chi connectivity index (χ4v) is 2.70. The fraction of sp³-hybridized carbons (Fsp3) is 0.500. The number of amides is 1. The minimum atomic E-state index is -3.48. The Kier molecular flexibility index (Phi) is 6.64. The minimum absolute atomic E-state index is 0.179. The molecule has 0 aliphatic carbocycles. The summed E-state index contributed by atoms with van der Waals surface area (Å²) in [7, 11) is -1.96. The van der Waals surface area contributed by atoms with E-state index in [0.29, 0.717) is 12.3 Å². The lowest BCUT2D eigenvalue weighted by molar-refractivity contribution is -0.126. The second-order valence-corrected chi connectivity index (χ2v) is 6.36. The predicted octanol–water partition coefficient (Wildman–Crippen LogP) is 1.28. The van der Waals surface area contributed by atoms with Crippen molar-refractivity contribution in [1.29, 1.82) is 0 Å². The van der Waals surface area contributed by atoms with Crippen molar-refractivity contribution in [3.63, 3.8) is 0 Å². The lowest BCUT2D eigenvalue weighted by Gasteiger charge is -2.13. The number of hydrogen-bond acceptors (Lipinski definition) is 4. The van der Waals surface area contributed by atoms with E-state index >= 15 is 0 Å². The van der Waals surface area contributed by atoms with Gasteiger partial charge in [-0.3, -0.25) is 4.79 Å². The van der Waals surface area contributed by atoms with Crippen molar-refractivity contribution in [2.75, 3.05) is 13.6 Å². The summed E-state index contributed by atoms with van der Waals surface area (Å²) >= 11 is 0. The monoisotopic (exact) mass is 314 g/mol. The smallest absolute Gasteiger partial charge is 0.260 e. The molecular weight excluding hydrogens is 292 g/mol. The van der Waals surface area contributed by atoms with Gasteiger partial charge < -0.3 is 10.1 Å². The third-order valence-electron chi connectivity index (χ3n) is 2.88. The number of carbonyl (C=O) groups excluding carboxylic acids is 1. The molecule has 0 aliphatic rings. The van der Waals surface area contributed by atoms with Gasteiger partial charge in [-0.05, 0) is 37.6 Å². The van der Waals surface area contributed by atoms with Crippen molar-refractivity contribution in [2.24, 2.45) is 0 Å². The topological polar surface area (TPSA) is 84.5 Å². The molecule has 1 amide bonds. The van der Waals surface area contributed by atoms with Crippen LogP contribution in [0.15, 0.2) is 29.2 Å². The van der Waals surface area contributed by atoms with Crippen molar-refractivity contribution in [1.82, 2.24) is 10.0 Å². The van der Waals surface area contributed by atoms with E-state index in [4.69, 9.17) is 4.74 Å². The van der Waals surface area contributed by atoms with Gasteiger partial charge in [-0.15, -0.1) is 0 Å². The van der Waals surface area contributed by atoms with Crippen LogP contribution in [0.2, 0.25) is 0 Å². The Labute approximate surface area is 125 Å². The van der Waals surface area contributed by atoms with E-state index in [1.54, 1.807) is 6.92 Å². The Morgan fingerprint density at radius 1 is 1.29 bits per heavy atom. The average molecular weight is 314 g/mol. The lowest BCUT2D eigenvalue weighted by Crippen LogP contribution is -2.33. The predicted molar refractivity (Wildman–Crippen MR) is 80.7 cm³/mol. The molecule has 1 rings (SSSR count). The number of carbonyl (C=O) groups is 1. The fourth-order valence-electron chi connectivity index (χ4n) is 1.62. The van der Waals surface area contributed by atoms with Crippen molar-refractivity contribution >= 4 is 15.9 Å². The molecule has 0 saturated carbocycles. The molecule has 0 spiro atoms. The highest BCUT2D eigenvalue weighted by atomic mass is 32.2. The number of rotatable bonds is 8. The van der Waals surface area contributed by atoms with E-state index in [1.165, 1.54) is 31.3 Å². The second kappa shape index (κ2) is 7.99. The first-order valence-electron chi connectivity index (χ1n) is 6.88. The molecule has 6 nitrogen and oxygen atoms in total. The number of benzene rings is 1. The summed E-state index contributed by atoms with van der Waals surface area (Å²) in [6.07, 6.45) is 1.08. The number of hydrogen-bond donors (Lipinski definition) is 2. The van der Waals surface area contributed by atoms with Crippen LogP contribution in [0.3, 0.4) is 0 Å². The summed E-state index contributed by atoms with van der Waals surface area (Å²) in [5, 5.41) is 2.48. The molecule has 0 saturated heterocycles. The zero-order chi connectivity index (χ0) is 15.9. The normalized spacial score (nSPS) is 12.7. The van der Waals surface area contributed by atoms with Crippen molar-refractivity contribution < 1.29 is 17.9 Å². The van der Waals surface area contributed by atoms with Gasteiger partial charge in [-0.25, -0.2) is 13.1 Å². The van der Waals surface area contributed by atoms with Crippen LogP contribution < -0.4 is 14.8 Å². The summed E-state index contributed by atoms with van der Waals surface area (Å²) in [5.41, 5.74) is 0. The zero-order valence-electron chi connectivity index (χ0n) is 12.5. The Morgan fingerprint density at radius 2 is 1.90 bits per heavy atom. The van der Waals surface area contributed by atoms with Crippen LogP contribution in [-0.4, -0.2) is 34.0 Å². The molecule has 2 N–H and O–H groups in total. The minimum Gasteiger partial charge on any atom is -0.481 e. The number of ether oxygens (including phenoxy) is 1. The molecule has 1 atom stereocenters. The van der Waals surface area contributed by atoms with Crippen LogP contribution in [0.1, 0.15) is 26.7 Å². The molecule has 0 aromatic heterocycles. The van der Waals surface area contributed by atoms with Crippen molar-refractivity contribution in [3.05, 3.63) is 24.3 Å². The second-order valence-electron chi connectivity index (χ2n) is 4.60. The van der Waals surface area contributed by atoms with Crippen LogP contribution in [0.5, 0.6) is 5.75 Å². The third kappa shape index (κ3) is 5.35. The first-order chi connectivity index (χ1) is 9.90. The van der Waals surface area contributed by atoms with Gasteiger partial charge in [-0.1, -0.05) is 13.3 Å². The molecule has 0 fully saturated rings. The van der Waals surface area contributed by atoms with Crippen LogP contribution in [0.25, 0.3) is 0 Å². The first-order valence-corrected chi connectivity index (χ1v) is 8.37. The zero-order valence-corrected chi connectivity index (χ0v) is 13.4. The standard InChI is InChI=1S/C14H22N2O4S/c1-4-5-10-16-21(18,19)13-8-6-12(7-9-13)20-11(2)14(17)15-3/h6-9,11,16H,4-5,10H2,1-3H3,(H,15,17)/t11-/m1/s1. The van der Waals surface area contributed by atoms with Crippen LogP contribution >= 0.6 is 0 Å². The van der Waals surface area contributed by atoms with Crippen LogP contribution in [0, 0.1) is 0 Å².